The van der Waals surface area contributed by atoms with Crippen molar-refractivity contribution in [3.63, 3.8) is 0 Å². The van der Waals surface area contributed by atoms with Gasteiger partial charge in [-0.2, -0.15) is 0 Å². The fraction of sp³-hybridized carbons (Fsp3) is 0.462. The van der Waals surface area contributed by atoms with Crippen LogP contribution in [0.15, 0.2) is 24.3 Å². The van der Waals surface area contributed by atoms with Gasteiger partial charge in [-0.3, -0.25) is 10.2 Å². The summed E-state index contributed by atoms with van der Waals surface area (Å²) >= 11 is 0. The topological polar surface area (TPSA) is 50.4 Å². The molecule has 4 nitrogen and oxygen atoms in total. The Morgan fingerprint density at radius 3 is 2.47 bits per heavy atom. The number of rotatable bonds is 5. The van der Waals surface area contributed by atoms with Crippen LogP contribution in [0.3, 0.4) is 0 Å². The second-order valence-electron chi connectivity index (χ2n) is 4.24. The van der Waals surface area contributed by atoms with E-state index in [9.17, 15) is 4.79 Å². The molecule has 1 aromatic rings. The maximum absolute atomic E-state index is 11.9. The van der Waals surface area contributed by atoms with Crippen molar-refractivity contribution in [1.82, 2.24) is 10.9 Å². The van der Waals surface area contributed by atoms with Gasteiger partial charge < -0.3 is 4.74 Å². The highest BCUT2D eigenvalue weighted by Crippen LogP contribution is 2.48. The van der Waals surface area contributed by atoms with E-state index in [4.69, 9.17) is 4.74 Å². The number of hydrazine groups is 1. The summed E-state index contributed by atoms with van der Waals surface area (Å²) < 4.78 is 5.39. The summed E-state index contributed by atoms with van der Waals surface area (Å²) in [5, 5.41) is 0. The van der Waals surface area contributed by atoms with Gasteiger partial charge in [0.2, 0.25) is 5.91 Å². The van der Waals surface area contributed by atoms with E-state index >= 15 is 0 Å². The monoisotopic (exact) mass is 234 g/mol. The molecule has 0 spiro atoms. The first-order chi connectivity index (χ1) is 8.23. The molecule has 0 radical (unpaired) electrons. The van der Waals surface area contributed by atoms with Gasteiger partial charge in [-0.05, 0) is 37.5 Å². The quantitative estimate of drug-likeness (QED) is 0.756. The summed E-state index contributed by atoms with van der Waals surface area (Å²) in [6.45, 7) is 2.61. The molecule has 0 aliphatic heterocycles. The van der Waals surface area contributed by atoms with Crippen molar-refractivity contribution in [2.24, 2.45) is 0 Å². The third kappa shape index (κ3) is 2.26. The third-order valence-corrected chi connectivity index (χ3v) is 3.14. The maximum atomic E-state index is 11.9. The highest BCUT2D eigenvalue weighted by molar-refractivity contribution is 5.90. The first-order valence-electron chi connectivity index (χ1n) is 5.93. The first kappa shape index (κ1) is 11.9. The van der Waals surface area contributed by atoms with E-state index < -0.39 is 0 Å². The molecule has 1 amide bonds. The van der Waals surface area contributed by atoms with Gasteiger partial charge in [0.05, 0.1) is 12.0 Å². The average molecular weight is 234 g/mol. The number of amides is 1. The molecule has 0 unspecified atom stereocenters. The zero-order valence-electron chi connectivity index (χ0n) is 10.2. The Balaban J connectivity index is 2.14. The highest BCUT2D eigenvalue weighted by atomic mass is 16.5. The van der Waals surface area contributed by atoms with Crippen molar-refractivity contribution in [2.45, 2.75) is 25.2 Å². The van der Waals surface area contributed by atoms with Gasteiger partial charge in [0.15, 0.2) is 0 Å². The van der Waals surface area contributed by atoms with Crippen LogP contribution in [0.2, 0.25) is 0 Å². The molecule has 1 saturated carbocycles. The Morgan fingerprint density at radius 2 is 2.00 bits per heavy atom. The van der Waals surface area contributed by atoms with E-state index in [-0.39, 0.29) is 11.3 Å². The molecular weight excluding hydrogens is 216 g/mol. The summed E-state index contributed by atoms with van der Waals surface area (Å²) in [7, 11) is 1.70. The van der Waals surface area contributed by atoms with Crippen LogP contribution in [0.25, 0.3) is 0 Å². The summed E-state index contributed by atoms with van der Waals surface area (Å²) in [6.07, 6.45) is 1.82. The second kappa shape index (κ2) is 4.75. The summed E-state index contributed by atoms with van der Waals surface area (Å²) in [5.74, 6) is 0.894. The van der Waals surface area contributed by atoms with Gasteiger partial charge in [-0.25, -0.2) is 5.43 Å². The lowest BCUT2D eigenvalue weighted by molar-refractivity contribution is -0.124. The molecule has 0 heterocycles. The average Bonchev–Trinajstić information content (AvgIpc) is 3.12. The van der Waals surface area contributed by atoms with E-state index in [1.54, 1.807) is 7.05 Å². The normalized spacial score (nSPS) is 16.4. The van der Waals surface area contributed by atoms with Gasteiger partial charge in [-0.15, -0.1) is 0 Å². The van der Waals surface area contributed by atoms with E-state index in [2.05, 4.69) is 10.9 Å². The zero-order valence-corrected chi connectivity index (χ0v) is 10.2. The number of hydrogen-bond donors (Lipinski definition) is 2. The van der Waals surface area contributed by atoms with E-state index in [1.165, 1.54) is 0 Å². The molecule has 2 rings (SSSR count). The van der Waals surface area contributed by atoms with Gasteiger partial charge in [0, 0.05) is 7.05 Å². The van der Waals surface area contributed by atoms with E-state index in [0.717, 1.165) is 24.2 Å². The minimum atomic E-state index is -0.326. The zero-order chi connectivity index (χ0) is 12.3. The van der Waals surface area contributed by atoms with Crippen molar-refractivity contribution >= 4 is 5.91 Å². The predicted octanol–water partition coefficient (Wildman–Crippen LogP) is 1.37. The number of benzene rings is 1. The molecule has 4 heteroatoms. The Bertz CT molecular complexity index is 396. The van der Waals surface area contributed by atoms with Crippen molar-refractivity contribution in [3.05, 3.63) is 29.8 Å². The minimum absolute atomic E-state index is 0.0455. The van der Waals surface area contributed by atoms with E-state index in [1.807, 2.05) is 31.2 Å². The molecule has 1 fully saturated rings. The van der Waals surface area contributed by atoms with Crippen molar-refractivity contribution in [1.29, 1.82) is 0 Å². The molecule has 2 N–H and O–H groups in total. The summed E-state index contributed by atoms with van der Waals surface area (Å²) in [4.78, 5) is 11.9. The first-order valence-corrected chi connectivity index (χ1v) is 5.93. The van der Waals surface area contributed by atoms with Crippen LogP contribution in [0.5, 0.6) is 5.75 Å². The molecule has 1 aliphatic rings. The molecule has 0 aromatic heterocycles. The SMILES string of the molecule is CCOc1ccc(C2(C(=O)NNC)CC2)cc1. The number of nitrogens with one attached hydrogen (secondary N) is 2. The van der Waals surface area contributed by atoms with Crippen LogP contribution in [-0.2, 0) is 10.2 Å². The van der Waals surface area contributed by atoms with Gasteiger partial charge in [0.1, 0.15) is 5.75 Å². The van der Waals surface area contributed by atoms with Gasteiger partial charge in [0.25, 0.3) is 0 Å². The highest BCUT2D eigenvalue weighted by Gasteiger charge is 2.51. The largest absolute Gasteiger partial charge is 0.494 e. The molecule has 1 aromatic carbocycles. The summed E-state index contributed by atoms with van der Waals surface area (Å²) in [5.41, 5.74) is 6.10. The lowest BCUT2D eigenvalue weighted by atomic mass is 9.95. The Kier molecular flexibility index (Phi) is 3.33. The van der Waals surface area contributed by atoms with Crippen LogP contribution in [0.1, 0.15) is 25.3 Å². The van der Waals surface area contributed by atoms with Crippen LogP contribution in [0.4, 0.5) is 0 Å². The van der Waals surface area contributed by atoms with Crippen molar-refractivity contribution in [3.8, 4) is 5.75 Å². The molecular formula is C13H18N2O2. The standard InChI is InChI=1S/C13H18N2O2/c1-3-17-11-6-4-10(5-7-11)13(8-9-13)12(16)15-14-2/h4-7,14H,3,8-9H2,1-2H3,(H,15,16). The van der Waals surface area contributed by atoms with Crippen LogP contribution < -0.4 is 15.6 Å². The van der Waals surface area contributed by atoms with Gasteiger partial charge in [-0.1, -0.05) is 12.1 Å². The van der Waals surface area contributed by atoms with Crippen LogP contribution in [0, 0.1) is 0 Å². The van der Waals surface area contributed by atoms with Crippen LogP contribution >= 0.6 is 0 Å². The molecule has 0 atom stereocenters. The molecule has 1 aliphatic carbocycles. The number of ether oxygens (including phenoxy) is 1. The Labute approximate surface area is 101 Å². The second-order valence-corrected chi connectivity index (χ2v) is 4.24. The fourth-order valence-electron chi connectivity index (χ4n) is 2.04. The van der Waals surface area contributed by atoms with Crippen molar-refractivity contribution in [2.75, 3.05) is 13.7 Å². The maximum Gasteiger partial charge on any atom is 0.244 e. The molecule has 17 heavy (non-hydrogen) atoms. The van der Waals surface area contributed by atoms with Crippen molar-refractivity contribution < 1.29 is 9.53 Å². The number of carbonyl (C=O) groups is 1. The third-order valence-electron chi connectivity index (χ3n) is 3.14. The number of hydrogen-bond acceptors (Lipinski definition) is 3. The fourth-order valence-corrected chi connectivity index (χ4v) is 2.04. The van der Waals surface area contributed by atoms with Gasteiger partial charge >= 0.3 is 0 Å². The smallest absolute Gasteiger partial charge is 0.244 e. The lowest BCUT2D eigenvalue weighted by Crippen LogP contribution is -2.41. The number of carbonyl (C=O) groups excluding carboxylic acids is 1. The lowest BCUT2D eigenvalue weighted by Gasteiger charge is -2.15. The van der Waals surface area contributed by atoms with Crippen LogP contribution in [-0.4, -0.2) is 19.6 Å². The molecule has 92 valence electrons. The Hall–Kier alpha value is -1.55. The molecule has 0 saturated heterocycles. The predicted molar refractivity (Wildman–Crippen MR) is 65.7 cm³/mol. The Morgan fingerprint density at radius 1 is 1.35 bits per heavy atom. The minimum Gasteiger partial charge on any atom is -0.494 e. The molecule has 0 bridgehead atoms. The van der Waals surface area contributed by atoms with E-state index in [0.29, 0.717) is 6.61 Å². The summed E-state index contributed by atoms with van der Waals surface area (Å²) in [6, 6.07) is 7.80.